The van der Waals surface area contributed by atoms with Crippen molar-refractivity contribution in [2.24, 2.45) is 5.41 Å². The average Bonchev–Trinajstić information content (AvgIpc) is 2.53. The molecule has 126 valence electrons. The first-order chi connectivity index (χ1) is 11.2. The molecule has 0 atom stereocenters. The third-order valence-electron chi connectivity index (χ3n) is 3.41. The van der Waals surface area contributed by atoms with E-state index in [-0.39, 0.29) is 0 Å². The first-order valence-electron chi connectivity index (χ1n) is 7.03. The van der Waals surface area contributed by atoms with Gasteiger partial charge in [-0.25, -0.2) is 4.39 Å². The van der Waals surface area contributed by atoms with Crippen molar-refractivity contribution < 1.29 is 14.0 Å². The Hall–Kier alpha value is -2.11. The van der Waals surface area contributed by atoms with Gasteiger partial charge in [0, 0.05) is 10.7 Å². The van der Waals surface area contributed by atoms with E-state index in [2.05, 4.69) is 10.6 Å². The molecule has 0 heterocycles. The maximum Gasteiger partial charge on any atom is 0.239 e. The van der Waals surface area contributed by atoms with Gasteiger partial charge in [-0.05, 0) is 56.3 Å². The molecule has 0 radical (unpaired) electrons. The van der Waals surface area contributed by atoms with E-state index >= 15 is 0 Å². The molecule has 0 fully saturated rings. The van der Waals surface area contributed by atoms with Crippen LogP contribution < -0.4 is 10.6 Å². The number of hydrogen-bond donors (Lipinski definition) is 2. The second kappa shape index (κ2) is 7.20. The Morgan fingerprint density at radius 2 is 1.54 bits per heavy atom. The lowest BCUT2D eigenvalue weighted by Crippen LogP contribution is -2.41. The fourth-order valence-electron chi connectivity index (χ4n) is 1.80. The second-order valence-electron chi connectivity index (χ2n) is 5.66. The molecule has 2 aromatic rings. The fourth-order valence-corrected chi connectivity index (χ4v) is 2.13. The van der Waals surface area contributed by atoms with E-state index in [9.17, 15) is 14.0 Å². The van der Waals surface area contributed by atoms with E-state index in [1.807, 2.05) is 0 Å². The smallest absolute Gasteiger partial charge is 0.239 e. The molecule has 0 saturated carbocycles. The van der Waals surface area contributed by atoms with E-state index in [0.717, 1.165) is 0 Å². The Kier molecular flexibility index (Phi) is 5.47. The van der Waals surface area contributed by atoms with Gasteiger partial charge in [0.1, 0.15) is 11.2 Å². The minimum absolute atomic E-state index is 0.308. The first-order valence-corrected chi connectivity index (χ1v) is 7.79. The zero-order valence-corrected chi connectivity index (χ0v) is 14.5. The van der Waals surface area contributed by atoms with Crippen molar-refractivity contribution >= 4 is 46.4 Å². The van der Waals surface area contributed by atoms with Crippen molar-refractivity contribution in [3.8, 4) is 0 Å². The van der Waals surface area contributed by atoms with Gasteiger partial charge in [0.25, 0.3) is 0 Å². The molecule has 0 aliphatic carbocycles. The van der Waals surface area contributed by atoms with Crippen LogP contribution in [0.3, 0.4) is 0 Å². The summed E-state index contributed by atoms with van der Waals surface area (Å²) in [5.74, 6) is -1.50. The lowest BCUT2D eigenvalue weighted by Gasteiger charge is -2.23. The van der Waals surface area contributed by atoms with Gasteiger partial charge in [-0.3, -0.25) is 9.59 Å². The molecule has 7 heteroatoms. The first kappa shape index (κ1) is 18.2. The monoisotopic (exact) mass is 368 g/mol. The van der Waals surface area contributed by atoms with Gasteiger partial charge in [-0.15, -0.1) is 0 Å². The van der Waals surface area contributed by atoms with Crippen LogP contribution in [0.15, 0.2) is 42.5 Å². The number of halogens is 3. The fraction of sp³-hybridized carbons (Fsp3) is 0.176. The zero-order chi connectivity index (χ0) is 17.9. The van der Waals surface area contributed by atoms with E-state index in [4.69, 9.17) is 23.2 Å². The minimum Gasteiger partial charge on any atom is -0.325 e. The summed E-state index contributed by atoms with van der Waals surface area (Å²) in [6, 6.07) is 9.89. The summed E-state index contributed by atoms with van der Waals surface area (Å²) in [6.07, 6.45) is 0. The van der Waals surface area contributed by atoms with Crippen LogP contribution >= 0.6 is 23.2 Å². The molecule has 2 rings (SSSR count). The van der Waals surface area contributed by atoms with Gasteiger partial charge in [-0.1, -0.05) is 23.2 Å². The van der Waals surface area contributed by atoms with Gasteiger partial charge in [0.2, 0.25) is 11.8 Å². The van der Waals surface area contributed by atoms with Crippen molar-refractivity contribution in [1.82, 2.24) is 0 Å². The van der Waals surface area contributed by atoms with Crippen molar-refractivity contribution in [2.75, 3.05) is 10.6 Å². The molecule has 4 nitrogen and oxygen atoms in total. The summed E-state index contributed by atoms with van der Waals surface area (Å²) in [7, 11) is 0. The molecule has 24 heavy (non-hydrogen) atoms. The highest BCUT2D eigenvalue weighted by atomic mass is 35.5. The van der Waals surface area contributed by atoms with Crippen molar-refractivity contribution in [3.05, 3.63) is 58.3 Å². The number of carbonyl (C=O) groups is 2. The Bertz CT molecular complexity index is 777. The largest absolute Gasteiger partial charge is 0.325 e. The van der Waals surface area contributed by atoms with Gasteiger partial charge >= 0.3 is 0 Å². The van der Waals surface area contributed by atoms with Crippen LogP contribution in [0.5, 0.6) is 0 Å². The number of amides is 2. The summed E-state index contributed by atoms with van der Waals surface area (Å²) in [5.41, 5.74) is -0.681. The number of carbonyl (C=O) groups excluding carboxylic acids is 2. The molecular weight excluding hydrogens is 354 g/mol. The number of rotatable bonds is 4. The topological polar surface area (TPSA) is 58.2 Å². The van der Waals surface area contributed by atoms with Crippen LogP contribution in [-0.2, 0) is 9.59 Å². The molecule has 0 aliphatic rings. The molecule has 0 saturated heterocycles. The zero-order valence-electron chi connectivity index (χ0n) is 13.0. The predicted octanol–water partition coefficient (Wildman–Crippen LogP) is 4.74. The molecule has 0 aliphatic heterocycles. The molecule has 0 spiro atoms. The molecular formula is C17H15Cl2FN2O2. The maximum absolute atomic E-state index is 12.9. The highest BCUT2D eigenvalue weighted by molar-refractivity contribution is 6.36. The number of benzene rings is 2. The quantitative estimate of drug-likeness (QED) is 0.765. The molecule has 2 amide bonds. The third-order valence-corrected chi connectivity index (χ3v) is 3.98. The highest BCUT2D eigenvalue weighted by Gasteiger charge is 2.36. The summed E-state index contributed by atoms with van der Waals surface area (Å²) in [6.45, 7) is 2.94. The summed E-state index contributed by atoms with van der Waals surface area (Å²) in [5, 5.41) is 5.88. The van der Waals surface area contributed by atoms with Gasteiger partial charge in [0.05, 0.1) is 10.7 Å². The minimum atomic E-state index is -1.39. The summed E-state index contributed by atoms with van der Waals surface area (Å²) >= 11 is 11.9. The summed E-state index contributed by atoms with van der Waals surface area (Å²) < 4.78 is 12.9. The normalized spacial score (nSPS) is 11.0. The van der Waals surface area contributed by atoms with Crippen molar-refractivity contribution in [3.63, 3.8) is 0 Å². The Labute approximate surface area is 149 Å². The number of anilines is 2. The molecule has 2 aromatic carbocycles. The van der Waals surface area contributed by atoms with E-state index in [0.29, 0.717) is 21.4 Å². The van der Waals surface area contributed by atoms with Gasteiger partial charge in [-0.2, -0.15) is 0 Å². The standard InChI is InChI=1S/C17H15Cl2FN2O2/c1-17(2,15(23)21-12-6-4-11(20)5-7-12)16(24)22-14-9-10(18)3-8-13(14)19/h3-9H,1-2H3,(H,21,23)(H,22,24). The Morgan fingerprint density at radius 3 is 2.17 bits per heavy atom. The SMILES string of the molecule is CC(C)(C(=O)Nc1ccc(F)cc1)C(=O)Nc1cc(Cl)ccc1Cl. The van der Waals surface area contributed by atoms with Crippen LogP contribution in [0.4, 0.5) is 15.8 Å². The summed E-state index contributed by atoms with van der Waals surface area (Å²) in [4.78, 5) is 24.8. The van der Waals surface area contributed by atoms with Crippen LogP contribution in [0.2, 0.25) is 10.0 Å². The number of hydrogen-bond acceptors (Lipinski definition) is 2. The molecule has 2 N–H and O–H groups in total. The van der Waals surface area contributed by atoms with E-state index in [1.54, 1.807) is 12.1 Å². The predicted molar refractivity (Wildman–Crippen MR) is 93.9 cm³/mol. The van der Waals surface area contributed by atoms with Crippen LogP contribution in [0.25, 0.3) is 0 Å². The Morgan fingerprint density at radius 1 is 0.958 bits per heavy atom. The lowest BCUT2D eigenvalue weighted by molar-refractivity contribution is -0.135. The third kappa shape index (κ3) is 4.24. The highest BCUT2D eigenvalue weighted by Crippen LogP contribution is 2.28. The van der Waals surface area contributed by atoms with E-state index < -0.39 is 23.0 Å². The molecule has 0 aromatic heterocycles. The van der Waals surface area contributed by atoms with E-state index in [1.165, 1.54) is 44.2 Å². The number of nitrogens with one attached hydrogen (secondary N) is 2. The average molecular weight is 369 g/mol. The Balaban J connectivity index is 2.12. The van der Waals surface area contributed by atoms with Crippen molar-refractivity contribution in [1.29, 1.82) is 0 Å². The molecule has 0 bridgehead atoms. The lowest BCUT2D eigenvalue weighted by atomic mass is 9.90. The van der Waals surface area contributed by atoms with Crippen molar-refractivity contribution in [2.45, 2.75) is 13.8 Å². The van der Waals surface area contributed by atoms with Crippen LogP contribution in [-0.4, -0.2) is 11.8 Å². The molecule has 0 unspecified atom stereocenters. The van der Waals surface area contributed by atoms with Gasteiger partial charge in [0.15, 0.2) is 0 Å². The van der Waals surface area contributed by atoms with Gasteiger partial charge < -0.3 is 10.6 Å². The van der Waals surface area contributed by atoms with Crippen LogP contribution in [0.1, 0.15) is 13.8 Å². The maximum atomic E-state index is 12.9. The van der Waals surface area contributed by atoms with Crippen LogP contribution in [0, 0.1) is 11.2 Å². The second-order valence-corrected chi connectivity index (χ2v) is 6.51.